The Morgan fingerprint density at radius 1 is 0.857 bits per heavy atom. The SMILES string of the molecule is CS(=O)(=O)N1CCC(C(=O)N[C@@H](COCC2CCC(C(=O)NCCCCNC3CCC4C(=O)N(C5CCC(=O)NC5=O)C(=O)C4C3)CC2)C(=O)NC2NC(C3CCCCC3)CS2)C1. The first-order valence-electron chi connectivity index (χ1n) is 23.5. The number of piperidine rings is 1. The molecule has 6 N–H and O–H groups in total. The molecule has 7 rings (SSSR count). The van der Waals surface area contributed by atoms with E-state index < -0.39 is 45.8 Å². The van der Waals surface area contributed by atoms with Crippen LogP contribution >= 0.6 is 11.8 Å². The molecule has 0 aromatic carbocycles. The number of sulfonamides is 1. The molecule has 7 aliphatic rings. The molecule has 7 unspecified atom stereocenters. The van der Waals surface area contributed by atoms with Gasteiger partial charge in [0.25, 0.3) is 0 Å². The number of imide groups is 2. The number of ether oxygens (including phenoxy) is 1. The lowest BCUT2D eigenvalue weighted by atomic mass is 9.78. The maximum Gasteiger partial charge on any atom is 0.249 e. The van der Waals surface area contributed by atoms with Crippen LogP contribution in [0, 0.1) is 35.5 Å². The number of hydrogen-bond acceptors (Lipinski definition) is 13. The zero-order chi connectivity index (χ0) is 44.7. The minimum Gasteiger partial charge on any atom is -0.378 e. The fourth-order valence-corrected chi connectivity index (χ4v) is 12.9. The van der Waals surface area contributed by atoms with Crippen LogP contribution in [-0.2, 0) is 48.3 Å². The Labute approximate surface area is 375 Å². The molecule has 7 fully saturated rings. The molecule has 4 saturated heterocycles. The average molecular weight is 921 g/mol. The smallest absolute Gasteiger partial charge is 0.249 e. The molecule has 0 aromatic rings. The lowest BCUT2D eigenvalue weighted by Gasteiger charge is -2.29. The van der Waals surface area contributed by atoms with E-state index in [2.05, 4.69) is 31.9 Å². The highest BCUT2D eigenvalue weighted by Gasteiger charge is 2.54. The van der Waals surface area contributed by atoms with Gasteiger partial charge in [-0.25, -0.2) is 12.7 Å². The van der Waals surface area contributed by atoms with Gasteiger partial charge in [-0.15, -0.1) is 11.8 Å². The lowest BCUT2D eigenvalue weighted by molar-refractivity contribution is -0.151. The fourth-order valence-electron chi connectivity index (χ4n) is 10.8. The van der Waals surface area contributed by atoms with E-state index in [9.17, 15) is 42.0 Å². The minimum absolute atomic E-state index is 0.0123. The summed E-state index contributed by atoms with van der Waals surface area (Å²) < 4.78 is 31.6. The van der Waals surface area contributed by atoms with E-state index in [1.165, 1.54) is 36.4 Å². The van der Waals surface area contributed by atoms with Crippen molar-refractivity contribution in [3.05, 3.63) is 0 Å². The van der Waals surface area contributed by atoms with E-state index in [-0.39, 0.29) is 91.4 Å². The Bertz CT molecular complexity index is 1810. The first kappa shape index (κ1) is 47.8. The molecular weight excluding hydrogens is 853 g/mol. The van der Waals surface area contributed by atoms with Gasteiger partial charge in [0.05, 0.1) is 30.6 Å². The van der Waals surface area contributed by atoms with Crippen molar-refractivity contribution in [2.45, 2.75) is 139 Å². The summed E-state index contributed by atoms with van der Waals surface area (Å²) in [5.41, 5.74) is -0.263. The molecule has 4 heterocycles. The highest BCUT2D eigenvalue weighted by molar-refractivity contribution is 8.00. The maximum atomic E-state index is 13.6. The Balaban J connectivity index is 0.780. The van der Waals surface area contributed by atoms with Gasteiger partial charge in [0.15, 0.2) is 0 Å². The molecule has 352 valence electrons. The summed E-state index contributed by atoms with van der Waals surface area (Å²) in [6.07, 6.45) is 14.5. The number of rotatable bonds is 18. The molecule has 63 heavy (non-hydrogen) atoms. The zero-order valence-electron chi connectivity index (χ0n) is 36.6. The number of thioether (sulfide) groups is 1. The highest BCUT2D eigenvalue weighted by atomic mass is 32.2. The first-order valence-corrected chi connectivity index (χ1v) is 26.4. The molecule has 8 atom stereocenters. The van der Waals surface area contributed by atoms with Crippen molar-refractivity contribution < 1.29 is 46.7 Å². The summed E-state index contributed by atoms with van der Waals surface area (Å²) >= 11 is 1.67. The van der Waals surface area contributed by atoms with Crippen molar-refractivity contribution in [1.82, 2.24) is 41.1 Å². The van der Waals surface area contributed by atoms with Gasteiger partial charge in [-0.05, 0) is 102 Å². The second-order valence-corrected chi connectivity index (χ2v) is 22.1. The van der Waals surface area contributed by atoms with Crippen molar-refractivity contribution in [2.75, 3.05) is 51.4 Å². The van der Waals surface area contributed by atoms with Gasteiger partial charge in [0.1, 0.15) is 17.6 Å². The van der Waals surface area contributed by atoms with Crippen molar-refractivity contribution in [2.24, 2.45) is 35.5 Å². The summed E-state index contributed by atoms with van der Waals surface area (Å²) in [7, 11) is -3.42. The standard InChI is InChI=1S/C43H68N8O10S2/c1-63(59,60)50-20-17-29(22-50)38(54)46-33(39(55)49-43-47-34(25-62-43)27-7-3-2-4-8-27)24-61-23-26-9-11-28(12-10-26)37(53)45-19-6-5-18-44-30-13-14-31-32(21-30)42(58)51(41(31)57)35-15-16-36(52)48-40(35)56/h26-35,43-44,47H,2-25H2,1H3,(H,45,53)(H,46,54)(H,49,55)(H,48,52,56)/t26?,28?,29?,30?,31?,32?,33-,34?,35?,43?/m0/s1. The molecule has 0 spiro atoms. The third-order valence-corrected chi connectivity index (χ3v) is 17.0. The van der Waals surface area contributed by atoms with Crippen LogP contribution in [0.2, 0.25) is 0 Å². The van der Waals surface area contributed by atoms with E-state index in [1.807, 2.05) is 0 Å². The maximum absolute atomic E-state index is 13.6. The van der Waals surface area contributed by atoms with E-state index in [1.54, 1.807) is 11.8 Å². The van der Waals surface area contributed by atoms with Crippen LogP contribution in [0.3, 0.4) is 0 Å². The summed E-state index contributed by atoms with van der Waals surface area (Å²) in [4.78, 5) is 91.5. The molecule has 7 amide bonds. The predicted octanol–water partition coefficient (Wildman–Crippen LogP) is 0.706. The predicted molar refractivity (Wildman–Crippen MR) is 233 cm³/mol. The van der Waals surface area contributed by atoms with E-state index in [0.717, 1.165) is 61.9 Å². The van der Waals surface area contributed by atoms with Crippen molar-refractivity contribution in [1.29, 1.82) is 0 Å². The molecule has 0 aromatic heterocycles. The average Bonchev–Trinajstić information content (AvgIpc) is 4.02. The van der Waals surface area contributed by atoms with Crippen LogP contribution in [0.4, 0.5) is 0 Å². The number of fused-ring (bicyclic) bond motifs is 1. The van der Waals surface area contributed by atoms with Gasteiger partial charge in [0.2, 0.25) is 51.4 Å². The van der Waals surface area contributed by atoms with Gasteiger partial charge in [0, 0.05) is 56.4 Å². The zero-order valence-corrected chi connectivity index (χ0v) is 38.2. The topological polar surface area (TPSA) is 242 Å². The number of nitrogens with one attached hydrogen (secondary N) is 6. The van der Waals surface area contributed by atoms with Gasteiger partial charge >= 0.3 is 0 Å². The lowest BCUT2D eigenvalue weighted by Crippen LogP contribution is -2.55. The minimum atomic E-state index is -3.42. The van der Waals surface area contributed by atoms with E-state index in [4.69, 9.17) is 4.74 Å². The van der Waals surface area contributed by atoms with Crippen LogP contribution in [0.1, 0.15) is 109 Å². The number of unbranched alkanes of at least 4 members (excludes halogenated alkanes) is 1. The quantitative estimate of drug-likeness (QED) is 0.0822. The molecule has 4 aliphatic heterocycles. The van der Waals surface area contributed by atoms with Crippen LogP contribution in [0.15, 0.2) is 0 Å². The first-order chi connectivity index (χ1) is 30.2. The second kappa shape index (κ2) is 21.9. The number of amides is 7. The largest absolute Gasteiger partial charge is 0.378 e. The highest BCUT2D eigenvalue weighted by Crippen LogP contribution is 2.40. The fraction of sp³-hybridized carbons (Fsp3) is 0.837. The Kier molecular flexibility index (Phi) is 16.6. The molecule has 0 radical (unpaired) electrons. The van der Waals surface area contributed by atoms with Crippen molar-refractivity contribution in [3.63, 3.8) is 0 Å². The Morgan fingerprint density at radius 2 is 1.60 bits per heavy atom. The van der Waals surface area contributed by atoms with Gasteiger partial charge < -0.3 is 26.0 Å². The molecule has 3 saturated carbocycles. The summed E-state index contributed by atoms with van der Waals surface area (Å²) in [5.74, 6) is -1.97. The number of nitrogens with zero attached hydrogens (tertiary/aromatic N) is 2. The van der Waals surface area contributed by atoms with Crippen LogP contribution in [0.5, 0.6) is 0 Å². The normalized spacial score (nSPS) is 32.6. The molecule has 3 aliphatic carbocycles. The Hall–Kier alpha value is -3.17. The Morgan fingerprint density at radius 3 is 2.33 bits per heavy atom. The number of likely N-dealkylation sites (tertiary alicyclic amines) is 1. The van der Waals surface area contributed by atoms with Crippen molar-refractivity contribution >= 4 is 63.1 Å². The van der Waals surface area contributed by atoms with Crippen LogP contribution < -0.4 is 31.9 Å². The number of carbonyl (C=O) groups is 7. The van der Waals surface area contributed by atoms with Gasteiger partial charge in [-0.2, -0.15) is 0 Å². The molecular formula is C43H68N8O10S2. The molecule has 18 nitrogen and oxygen atoms in total. The summed E-state index contributed by atoms with van der Waals surface area (Å²) in [6, 6.07) is -1.42. The van der Waals surface area contributed by atoms with Crippen molar-refractivity contribution in [3.8, 4) is 0 Å². The number of hydrogen-bond donors (Lipinski definition) is 6. The van der Waals surface area contributed by atoms with Gasteiger partial charge in [-0.3, -0.25) is 49.1 Å². The molecule has 20 heteroatoms. The van der Waals surface area contributed by atoms with E-state index in [0.29, 0.717) is 50.9 Å². The summed E-state index contributed by atoms with van der Waals surface area (Å²) in [5, 5.41) is 18.4. The van der Waals surface area contributed by atoms with Gasteiger partial charge in [-0.1, -0.05) is 19.3 Å². The molecule has 0 bridgehead atoms. The third kappa shape index (κ3) is 12.4. The van der Waals surface area contributed by atoms with E-state index >= 15 is 0 Å². The third-order valence-electron chi connectivity index (χ3n) is 14.6. The number of carbonyl (C=O) groups excluding carboxylic acids is 7. The van der Waals surface area contributed by atoms with Crippen LogP contribution in [0.25, 0.3) is 0 Å². The summed E-state index contributed by atoms with van der Waals surface area (Å²) in [6.45, 7) is 2.02. The monoisotopic (exact) mass is 920 g/mol. The van der Waals surface area contributed by atoms with Crippen LogP contribution in [-0.4, -0.2) is 140 Å². The second-order valence-electron chi connectivity index (χ2n) is 19.0.